The summed E-state index contributed by atoms with van der Waals surface area (Å²) in [4.78, 5) is 4.29. The topological polar surface area (TPSA) is 52.6 Å². The Hall–Kier alpha value is -1.32. The molecule has 0 saturated heterocycles. The highest BCUT2D eigenvalue weighted by Crippen LogP contribution is 2.24. The van der Waals surface area contributed by atoms with Gasteiger partial charge in [0, 0.05) is 35.3 Å². The van der Waals surface area contributed by atoms with Crippen molar-refractivity contribution in [2.45, 2.75) is 6.42 Å². The van der Waals surface area contributed by atoms with E-state index in [0.29, 0.717) is 0 Å². The predicted octanol–water partition coefficient (Wildman–Crippen LogP) is 1.93. The van der Waals surface area contributed by atoms with Crippen LogP contribution < -0.4 is 11.1 Å². The van der Waals surface area contributed by atoms with Crippen LogP contribution in [0.25, 0.3) is 10.9 Å². The van der Waals surface area contributed by atoms with Gasteiger partial charge in [0.15, 0.2) is 0 Å². The van der Waals surface area contributed by atoms with Crippen molar-refractivity contribution >= 4 is 28.2 Å². The number of hydrogen-bond donors (Lipinski definition) is 2. The number of quaternary nitrogens is 1. The van der Waals surface area contributed by atoms with Gasteiger partial charge in [-0.15, -0.1) is 0 Å². The molecule has 16 heavy (non-hydrogen) atoms. The molecule has 0 saturated carbocycles. The fourth-order valence-corrected chi connectivity index (χ4v) is 1.79. The minimum Gasteiger partial charge on any atom is -0.384 e. The SMILES string of the molecule is [NH3+]CCCNc1ccnc2cc(Cl)ccc12. The predicted molar refractivity (Wildman–Crippen MR) is 67.6 cm³/mol. The molecule has 1 aromatic carbocycles. The second kappa shape index (κ2) is 5.14. The van der Waals surface area contributed by atoms with Crippen molar-refractivity contribution < 1.29 is 5.73 Å². The van der Waals surface area contributed by atoms with Crippen molar-refractivity contribution in [1.29, 1.82) is 0 Å². The van der Waals surface area contributed by atoms with E-state index in [9.17, 15) is 0 Å². The molecular weight excluding hydrogens is 222 g/mol. The minimum absolute atomic E-state index is 0.718. The van der Waals surface area contributed by atoms with Crippen LogP contribution in [0.4, 0.5) is 5.69 Å². The third-order valence-electron chi connectivity index (χ3n) is 2.45. The number of pyridine rings is 1. The number of nitrogens with one attached hydrogen (secondary N) is 1. The lowest BCUT2D eigenvalue weighted by atomic mass is 10.2. The molecule has 0 atom stereocenters. The van der Waals surface area contributed by atoms with Crippen LogP contribution in [0.2, 0.25) is 5.02 Å². The van der Waals surface area contributed by atoms with Crippen molar-refractivity contribution in [2.24, 2.45) is 0 Å². The fraction of sp³-hybridized carbons (Fsp3) is 0.250. The van der Waals surface area contributed by atoms with Gasteiger partial charge in [-0.1, -0.05) is 11.6 Å². The Kier molecular flexibility index (Phi) is 3.59. The lowest BCUT2D eigenvalue weighted by Crippen LogP contribution is -2.50. The summed E-state index contributed by atoms with van der Waals surface area (Å²) in [5.41, 5.74) is 5.85. The van der Waals surface area contributed by atoms with E-state index in [1.807, 2.05) is 24.3 Å². The Morgan fingerprint density at radius 1 is 1.31 bits per heavy atom. The van der Waals surface area contributed by atoms with Gasteiger partial charge in [0.05, 0.1) is 12.1 Å². The molecule has 4 heteroatoms. The number of nitrogens with zero attached hydrogens (tertiary/aromatic N) is 1. The van der Waals surface area contributed by atoms with Crippen LogP contribution in [0, 0.1) is 0 Å². The lowest BCUT2D eigenvalue weighted by Gasteiger charge is -2.08. The highest BCUT2D eigenvalue weighted by atomic mass is 35.5. The van der Waals surface area contributed by atoms with Crippen molar-refractivity contribution in [1.82, 2.24) is 4.98 Å². The van der Waals surface area contributed by atoms with E-state index in [-0.39, 0.29) is 0 Å². The second-order valence-corrected chi connectivity index (χ2v) is 4.09. The first kappa shape index (κ1) is 11.2. The standard InChI is InChI=1S/C12H14ClN3/c13-9-2-3-10-11(15-6-1-5-14)4-7-16-12(10)8-9/h2-4,7-8H,1,5-6,14H2,(H,15,16)/p+1. The average molecular weight is 237 g/mol. The molecule has 1 heterocycles. The zero-order valence-electron chi connectivity index (χ0n) is 9.04. The number of anilines is 1. The minimum atomic E-state index is 0.718. The Morgan fingerprint density at radius 3 is 3.00 bits per heavy atom. The smallest absolute Gasteiger partial charge is 0.0756 e. The normalized spacial score (nSPS) is 10.6. The van der Waals surface area contributed by atoms with Gasteiger partial charge in [0.25, 0.3) is 0 Å². The molecule has 3 nitrogen and oxygen atoms in total. The summed E-state index contributed by atoms with van der Waals surface area (Å²) in [6, 6.07) is 7.75. The highest BCUT2D eigenvalue weighted by Gasteiger charge is 2.01. The molecule has 0 aliphatic carbocycles. The van der Waals surface area contributed by atoms with Gasteiger partial charge in [-0.3, -0.25) is 4.98 Å². The van der Waals surface area contributed by atoms with Crippen LogP contribution in [0.5, 0.6) is 0 Å². The zero-order chi connectivity index (χ0) is 11.4. The van der Waals surface area contributed by atoms with E-state index in [0.717, 1.165) is 41.1 Å². The molecule has 0 bridgehead atoms. The molecule has 0 spiro atoms. The molecule has 2 aromatic rings. The molecule has 4 N–H and O–H groups in total. The molecule has 84 valence electrons. The first-order chi connectivity index (χ1) is 7.81. The summed E-state index contributed by atoms with van der Waals surface area (Å²) in [6.07, 6.45) is 2.86. The van der Waals surface area contributed by atoms with Crippen molar-refractivity contribution in [3.63, 3.8) is 0 Å². The van der Waals surface area contributed by atoms with E-state index in [2.05, 4.69) is 16.0 Å². The summed E-state index contributed by atoms with van der Waals surface area (Å²) >= 11 is 5.93. The summed E-state index contributed by atoms with van der Waals surface area (Å²) in [5, 5.41) is 5.21. The van der Waals surface area contributed by atoms with Crippen molar-refractivity contribution in [3.8, 4) is 0 Å². The number of fused-ring (bicyclic) bond motifs is 1. The Balaban J connectivity index is 2.30. The Bertz CT molecular complexity index is 485. The van der Waals surface area contributed by atoms with Crippen LogP contribution in [0.3, 0.4) is 0 Å². The Morgan fingerprint density at radius 2 is 2.19 bits per heavy atom. The number of benzene rings is 1. The van der Waals surface area contributed by atoms with E-state index in [1.165, 1.54) is 0 Å². The number of aromatic nitrogens is 1. The van der Waals surface area contributed by atoms with Gasteiger partial charge in [0.1, 0.15) is 0 Å². The third kappa shape index (κ3) is 2.43. The molecule has 0 radical (unpaired) electrons. The molecule has 0 amide bonds. The van der Waals surface area contributed by atoms with Gasteiger partial charge >= 0.3 is 0 Å². The first-order valence-corrected chi connectivity index (χ1v) is 5.76. The zero-order valence-corrected chi connectivity index (χ0v) is 9.80. The molecule has 0 aliphatic rings. The van der Waals surface area contributed by atoms with Crippen LogP contribution >= 0.6 is 11.6 Å². The molecule has 0 fully saturated rings. The number of rotatable bonds is 4. The first-order valence-electron chi connectivity index (χ1n) is 5.38. The van der Waals surface area contributed by atoms with Gasteiger partial charge in [0.2, 0.25) is 0 Å². The fourth-order valence-electron chi connectivity index (χ4n) is 1.62. The summed E-state index contributed by atoms with van der Waals surface area (Å²) in [7, 11) is 0. The monoisotopic (exact) mass is 236 g/mol. The van der Waals surface area contributed by atoms with Crippen LogP contribution in [0.1, 0.15) is 6.42 Å². The van der Waals surface area contributed by atoms with Crippen LogP contribution in [-0.2, 0) is 0 Å². The van der Waals surface area contributed by atoms with Crippen molar-refractivity contribution in [2.75, 3.05) is 18.4 Å². The van der Waals surface area contributed by atoms with E-state index in [1.54, 1.807) is 6.20 Å². The van der Waals surface area contributed by atoms with Gasteiger partial charge in [-0.2, -0.15) is 0 Å². The maximum atomic E-state index is 5.93. The van der Waals surface area contributed by atoms with E-state index >= 15 is 0 Å². The molecule has 0 unspecified atom stereocenters. The largest absolute Gasteiger partial charge is 0.384 e. The van der Waals surface area contributed by atoms with E-state index < -0.39 is 0 Å². The third-order valence-corrected chi connectivity index (χ3v) is 2.68. The molecule has 2 rings (SSSR count). The Labute approximate surface area is 99.6 Å². The summed E-state index contributed by atoms with van der Waals surface area (Å²) in [5.74, 6) is 0. The van der Waals surface area contributed by atoms with Gasteiger partial charge in [-0.05, 0) is 24.3 Å². The summed E-state index contributed by atoms with van der Waals surface area (Å²) < 4.78 is 0. The maximum absolute atomic E-state index is 5.93. The summed E-state index contributed by atoms with van der Waals surface area (Å²) in [6.45, 7) is 1.88. The number of hydrogen-bond acceptors (Lipinski definition) is 2. The van der Waals surface area contributed by atoms with E-state index in [4.69, 9.17) is 11.6 Å². The molecular formula is C12H15ClN3+. The lowest BCUT2D eigenvalue weighted by molar-refractivity contribution is -0.367. The maximum Gasteiger partial charge on any atom is 0.0756 e. The quantitative estimate of drug-likeness (QED) is 0.798. The van der Waals surface area contributed by atoms with Crippen molar-refractivity contribution in [3.05, 3.63) is 35.5 Å². The molecule has 1 aromatic heterocycles. The van der Waals surface area contributed by atoms with Gasteiger partial charge < -0.3 is 11.1 Å². The van der Waals surface area contributed by atoms with Crippen LogP contribution in [0.15, 0.2) is 30.5 Å². The molecule has 0 aliphatic heterocycles. The number of halogens is 1. The average Bonchev–Trinajstić information content (AvgIpc) is 2.29. The van der Waals surface area contributed by atoms with Gasteiger partial charge in [-0.25, -0.2) is 0 Å². The highest BCUT2D eigenvalue weighted by molar-refractivity contribution is 6.31. The van der Waals surface area contributed by atoms with Crippen LogP contribution in [-0.4, -0.2) is 18.1 Å². The second-order valence-electron chi connectivity index (χ2n) is 3.65.